The van der Waals surface area contributed by atoms with Gasteiger partial charge in [-0.15, -0.1) is 0 Å². The topological polar surface area (TPSA) is 119 Å². The van der Waals surface area contributed by atoms with Crippen molar-refractivity contribution in [3.63, 3.8) is 0 Å². The summed E-state index contributed by atoms with van der Waals surface area (Å²) in [5.41, 5.74) is 6.98. The summed E-state index contributed by atoms with van der Waals surface area (Å²) < 4.78 is 9.49. The first-order valence-electron chi connectivity index (χ1n) is 7.83. The van der Waals surface area contributed by atoms with Crippen molar-refractivity contribution >= 4 is 41.1 Å². The third-order valence-electron chi connectivity index (χ3n) is 4.05. The predicted molar refractivity (Wildman–Crippen MR) is 92.8 cm³/mol. The second kappa shape index (κ2) is 6.70. The Morgan fingerprint density at radius 3 is 2.80 bits per heavy atom. The number of nitrogens with zero attached hydrogens (tertiary/aromatic N) is 4. The molecular formula is C16H17N5O3Se. The molecule has 0 saturated carbocycles. The van der Waals surface area contributed by atoms with E-state index in [1.165, 1.54) is 6.33 Å². The zero-order chi connectivity index (χ0) is 17.4. The van der Waals surface area contributed by atoms with Gasteiger partial charge in [-0.2, -0.15) is 0 Å². The zero-order valence-corrected chi connectivity index (χ0v) is 14.9. The van der Waals surface area contributed by atoms with Crippen LogP contribution in [0, 0.1) is 0 Å². The second-order valence-electron chi connectivity index (χ2n) is 5.74. The van der Waals surface area contributed by atoms with Gasteiger partial charge in [-0.1, -0.05) is 0 Å². The molecule has 1 aliphatic heterocycles. The molecule has 130 valence electrons. The fourth-order valence-corrected chi connectivity index (χ4v) is 4.83. The molecule has 0 radical (unpaired) electrons. The van der Waals surface area contributed by atoms with Crippen molar-refractivity contribution in [1.29, 1.82) is 0 Å². The molecule has 0 bridgehead atoms. The Labute approximate surface area is 149 Å². The van der Waals surface area contributed by atoms with E-state index < -0.39 is 18.4 Å². The summed E-state index contributed by atoms with van der Waals surface area (Å²) in [5.74, 6) is 0.292. The van der Waals surface area contributed by atoms with E-state index in [1.807, 2.05) is 30.3 Å². The van der Waals surface area contributed by atoms with E-state index >= 15 is 0 Å². The minimum absolute atomic E-state index is 0.130. The molecule has 4 rings (SSSR count). The van der Waals surface area contributed by atoms with Crippen molar-refractivity contribution in [3.05, 3.63) is 36.7 Å². The maximum atomic E-state index is 10.4. The molecule has 0 spiro atoms. The fraction of sp³-hybridized carbons (Fsp3) is 0.312. The van der Waals surface area contributed by atoms with Gasteiger partial charge in [0.15, 0.2) is 0 Å². The Balaban J connectivity index is 1.83. The Morgan fingerprint density at radius 2 is 2.08 bits per heavy atom. The second-order valence-corrected chi connectivity index (χ2v) is 7.93. The first-order chi connectivity index (χ1) is 12.2. The van der Waals surface area contributed by atoms with Crippen molar-refractivity contribution in [2.24, 2.45) is 0 Å². The van der Waals surface area contributed by atoms with Crippen LogP contribution in [0.3, 0.4) is 0 Å². The molecule has 3 atom stereocenters. The number of fused-ring (bicyclic) bond motifs is 1. The molecule has 1 aliphatic rings. The third-order valence-corrected chi connectivity index (χ3v) is 6.10. The Kier molecular flexibility index (Phi) is 4.41. The molecule has 25 heavy (non-hydrogen) atoms. The molecule has 1 saturated heterocycles. The number of benzene rings is 1. The number of ether oxygens (including phenoxy) is 1. The standard InChI is InChI=1S/C16H17N5O3Se/c17-13-12-14(19-8-18-13)21(15-11(23)6-9(7-22)24-15)16(20-12)25-10-4-2-1-3-5-10/h1-5,8-9,11,15,22-23H,6-7H2,(H2,17,18,19)/t9-,11+,15+/m0/s1. The van der Waals surface area contributed by atoms with E-state index in [0.29, 0.717) is 23.4 Å². The van der Waals surface area contributed by atoms with Crippen LogP contribution in [0.1, 0.15) is 12.6 Å². The molecule has 8 nitrogen and oxygen atoms in total. The number of hydrogen-bond acceptors (Lipinski definition) is 7. The van der Waals surface area contributed by atoms with Gasteiger partial charge in [0.1, 0.15) is 0 Å². The van der Waals surface area contributed by atoms with E-state index in [2.05, 4.69) is 15.0 Å². The van der Waals surface area contributed by atoms with Gasteiger partial charge in [0, 0.05) is 0 Å². The van der Waals surface area contributed by atoms with E-state index in [4.69, 9.17) is 10.5 Å². The van der Waals surface area contributed by atoms with Crippen LogP contribution in [0.25, 0.3) is 11.2 Å². The van der Waals surface area contributed by atoms with Crippen LogP contribution in [0.15, 0.2) is 36.7 Å². The van der Waals surface area contributed by atoms with Crippen molar-refractivity contribution in [2.75, 3.05) is 12.3 Å². The number of imidazole rings is 1. The SMILES string of the molecule is Nc1ncnc2c1nc([Se]c1ccccc1)n2[C@@H]1O[C@H](CO)C[C@H]1O. The van der Waals surface area contributed by atoms with Crippen LogP contribution in [-0.4, -0.2) is 63.5 Å². The number of aliphatic hydroxyl groups excluding tert-OH is 2. The summed E-state index contributed by atoms with van der Waals surface area (Å²) in [6.07, 6.45) is -0.0825. The summed E-state index contributed by atoms with van der Waals surface area (Å²) in [6.45, 7) is -0.142. The van der Waals surface area contributed by atoms with Crippen LogP contribution in [-0.2, 0) is 4.74 Å². The van der Waals surface area contributed by atoms with Crippen molar-refractivity contribution in [2.45, 2.75) is 24.9 Å². The number of hydrogen-bond donors (Lipinski definition) is 3. The summed E-state index contributed by atoms with van der Waals surface area (Å²) in [5, 5.41) is 19.8. The fourth-order valence-electron chi connectivity index (χ4n) is 2.88. The number of anilines is 1. The molecule has 3 heterocycles. The number of rotatable bonds is 4. The molecule has 0 amide bonds. The molecule has 1 fully saturated rings. The van der Waals surface area contributed by atoms with E-state index in [9.17, 15) is 10.2 Å². The number of nitrogen functional groups attached to an aromatic ring is 1. The average molecular weight is 406 g/mol. The van der Waals surface area contributed by atoms with Gasteiger partial charge in [-0.3, -0.25) is 0 Å². The van der Waals surface area contributed by atoms with Gasteiger partial charge in [0.25, 0.3) is 0 Å². The summed E-state index contributed by atoms with van der Waals surface area (Å²) in [7, 11) is 0. The normalized spacial score (nSPS) is 23.4. The first kappa shape index (κ1) is 16.4. The maximum absolute atomic E-state index is 10.4. The first-order valence-corrected chi connectivity index (χ1v) is 9.54. The van der Waals surface area contributed by atoms with Crippen LogP contribution >= 0.6 is 0 Å². The van der Waals surface area contributed by atoms with E-state index in [-0.39, 0.29) is 21.6 Å². The number of nitrogens with two attached hydrogens (primary N) is 1. The van der Waals surface area contributed by atoms with Gasteiger partial charge in [0.05, 0.1) is 0 Å². The van der Waals surface area contributed by atoms with Gasteiger partial charge in [-0.05, 0) is 0 Å². The van der Waals surface area contributed by atoms with Gasteiger partial charge < -0.3 is 0 Å². The van der Waals surface area contributed by atoms with Crippen molar-refractivity contribution in [3.8, 4) is 0 Å². The molecule has 3 aromatic rings. The number of aliphatic hydroxyl groups is 2. The van der Waals surface area contributed by atoms with Gasteiger partial charge in [0.2, 0.25) is 0 Å². The van der Waals surface area contributed by atoms with E-state index in [1.54, 1.807) is 4.57 Å². The Morgan fingerprint density at radius 1 is 1.28 bits per heavy atom. The van der Waals surface area contributed by atoms with Crippen LogP contribution in [0.2, 0.25) is 0 Å². The van der Waals surface area contributed by atoms with Gasteiger partial charge >= 0.3 is 149 Å². The van der Waals surface area contributed by atoms with E-state index in [0.717, 1.165) is 9.18 Å². The van der Waals surface area contributed by atoms with Gasteiger partial charge in [-0.25, -0.2) is 0 Å². The van der Waals surface area contributed by atoms with Crippen molar-refractivity contribution in [1.82, 2.24) is 19.5 Å². The minimum atomic E-state index is -0.754. The summed E-state index contributed by atoms with van der Waals surface area (Å²) in [6, 6.07) is 9.96. The summed E-state index contributed by atoms with van der Waals surface area (Å²) >= 11 is -0.130. The Hall–Kier alpha value is -2.03. The molecule has 9 heteroatoms. The molecule has 1 aromatic carbocycles. The van der Waals surface area contributed by atoms with Crippen molar-refractivity contribution < 1.29 is 14.9 Å². The van der Waals surface area contributed by atoms with Crippen LogP contribution in [0.5, 0.6) is 0 Å². The average Bonchev–Trinajstić information content (AvgIpc) is 3.16. The zero-order valence-electron chi connectivity index (χ0n) is 13.2. The molecule has 0 aliphatic carbocycles. The summed E-state index contributed by atoms with van der Waals surface area (Å²) in [4.78, 5) is 12.9. The quantitative estimate of drug-likeness (QED) is 0.461. The molecule has 0 unspecified atom stereocenters. The monoisotopic (exact) mass is 407 g/mol. The van der Waals surface area contributed by atoms with Crippen LogP contribution in [0.4, 0.5) is 5.82 Å². The molecule has 2 aromatic heterocycles. The molecular weight excluding hydrogens is 389 g/mol. The molecule has 4 N–H and O–H groups in total. The van der Waals surface area contributed by atoms with Crippen LogP contribution < -0.4 is 14.9 Å². The Bertz CT molecular complexity index is 888. The predicted octanol–water partition coefficient (Wildman–Crippen LogP) is -1.30. The third kappa shape index (κ3) is 3.01. The number of aromatic nitrogens is 4.